The van der Waals surface area contributed by atoms with E-state index in [1.807, 2.05) is 0 Å². The first-order chi connectivity index (χ1) is 9.77. The summed E-state index contributed by atoms with van der Waals surface area (Å²) in [6, 6.07) is 0. The van der Waals surface area contributed by atoms with E-state index in [-0.39, 0.29) is 0 Å². The zero-order valence-electron chi connectivity index (χ0n) is 13.8. The fourth-order valence-corrected chi connectivity index (χ4v) is 5.64. The first kappa shape index (κ1) is 16.7. The Hall–Kier alpha value is 0.350. The molecule has 2 saturated carbocycles. The molecule has 0 aromatic heterocycles. The third kappa shape index (κ3) is 4.18. The Bertz CT molecular complexity index is 232. The molecule has 0 aromatic rings. The lowest BCUT2D eigenvalue weighted by molar-refractivity contribution is 0.0826. The van der Waals surface area contributed by atoms with Crippen LogP contribution in [0.1, 0.15) is 90.9 Å². The molecule has 1 heteroatoms. The molecule has 0 radical (unpaired) electrons. The second-order valence-electron chi connectivity index (χ2n) is 7.42. The predicted molar refractivity (Wildman–Crippen MR) is 93.5 cm³/mol. The minimum atomic E-state index is 0.633. The van der Waals surface area contributed by atoms with Crippen LogP contribution in [0.3, 0.4) is 0 Å². The minimum absolute atomic E-state index is 0.633. The molecule has 20 heavy (non-hydrogen) atoms. The summed E-state index contributed by atoms with van der Waals surface area (Å²) in [5.41, 5.74) is 0. The number of hydrogen-bond donors (Lipinski definition) is 1. The molecular weight excluding hydrogens is 260 g/mol. The maximum absolute atomic E-state index is 4.98. The van der Waals surface area contributed by atoms with Gasteiger partial charge in [-0.1, -0.05) is 84.5 Å². The van der Waals surface area contributed by atoms with Crippen molar-refractivity contribution in [1.82, 2.24) is 0 Å². The molecule has 2 aliphatic carbocycles. The van der Waals surface area contributed by atoms with Crippen molar-refractivity contribution < 1.29 is 0 Å². The number of hydrogen-bond acceptors (Lipinski definition) is 1. The molecule has 118 valence electrons. The van der Waals surface area contributed by atoms with Crippen molar-refractivity contribution >= 4 is 12.6 Å². The molecule has 2 atom stereocenters. The maximum atomic E-state index is 4.98. The van der Waals surface area contributed by atoms with Crippen LogP contribution in [0, 0.1) is 23.7 Å². The van der Waals surface area contributed by atoms with Crippen LogP contribution in [0.2, 0.25) is 0 Å². The van der Waals surface area contributed by atoms with Crippen LogP contribution in [-0.2, 0) is 0 Å². The smallest absolute Gasteiger partial charge is 0.00452 e. The summed E-state index contributed by atoms with van der Waals surface area (Å²) in [5, 5.41) is 0.633. The summed E-state index contributed by atoms with van der Waals surface area (Å²) < 4.78 is 0. The molecule has 0 bridgehead atoms. The molecule has 0 aliphatic heterocycles. The molecule has 2 rings (SSSR count). The van der Waals surface area contributed by atoms with E-state index in [4.69, 9.17) is 12.6 Å². The highest BCUT2D eigenvalue weighted by atomic mass is 32.1. The van der Waals surface area contributed by atoms with Crippen LogP contribution < -0.4 is 0 Å². The number of rotatable bonds is 6. The molecule has 2 unspecified atom stereocenters. The van der Waals surface area contributed by atoms with Crippen molar-refractivity contribution in [3.63, 3.8) is 0 Å². The van der Waals surface area contributed by atoms with Gasteiger partial charge in [0.2, 0.25) is 0 Å². The number of thiol groups is 1. The zero-order valence-corrected chi connectivity index (χ0v) is 14.7. The van der Waals surface area contributed by atoms with Crippen LogP contribution in [0.5, 0.6) is 0 Å². The molecule has 2 fully saturated rings. The van der Waals surface area contributed by atoms with Gasteiger partial charge in [0.25, 0.3) is 0 Å². The molecule has 0 aromatic carbocycles. The van der Waals surface area contributed by atoms with E-state index >= 15 is 0 Å². The van der Waals surface area contributed by atoms with E-state index in [2.05, 4.69) is 13.8 Å². The molecule has 0 heterocycles. The van der Waals surface area contributed by atoms with Crippen LogP contribution >= 0.6 is 12.6 Å². The molecule has 0 amide bonds. The van der Waals surface area contributed by atoms with Gasteiger partial charge in [0.15, 0.2) is 0 Å². The van der Waals surface area contributed by atoms with E-state index in [1.165, 1.54) is 77.0 Å². The van der Waals surface area contributed by atoms with Crippen molar-refractivity contribution in [3.05, 3.63) is 0 Å². The molecule has 0 saturated heterocycles. The van der Waals surface area contributed by atoms with E-state index in [0.29, 0.717) is 5.25 Å². The van der Waals surface area contributed by atoms with Crippen molar-refractivity contribution in [2.24, 2.45) is 23.7 Å². The van der Waals surface area contributed by atoms with Crippen molar-refractivity contribution in [3.8, 4) is 0 Å². The standard InChI is InChI=1S/C19H36S/c1-3-17(18(20)4-2)19(15-11-7-5-8-12-15)16-13-9-6-10-14-16/h15-20H,3-14H2,1-2H3. The second kappa shape index (κ2) is 8.71. The maximum Gasteiger partial charge on any atom is 0.00452 e. The normalized spacial score (nSPS) is 25.8. The summed E-state index contributed by atoms with van der Waals surface area (Å²) in [6.07, 6.45) is 17.6. The lowest BCUT2D eigenvalue weighted by Crippen LogP contribution is -2.37. The van der Waals surface area contributed by atoms with E-state index < -0.39 is 0 Å². The van der Waals surface area contributed by atoms with E-state index in [1.54, 1.807) is 0 Å². The van der Waals surface area contributed by atoms with Crippen molar-refractivity contribution in [2.75, 3.05) is 0 Å². The topological polar surface area (TPSA) is 0 Å². The van der Waals surface area contributed by atoms with Gasteiger partial charge in [0.05, 0.1) is 0 Å². The van der Waals surface area contributed by atoms with Crippen LogP contribution in [0.4, 0.5) is 0 Å². The Balaban J connectivity index is 2.12. The van der Waals surface area contributed by atoms with Gasteiger partial charge < -0.3 is 0 Å². The largest absolute Gasteiger partial charge is 0.176 e. The fourth-order valence-electron chi connectivity index (χ4n) is 5.23. The molecule has 0 nitrogen and oxygen atoms in total. The first-order valence-corrected chi connectivity index (χ1v) is 9.97. The van der Waals surface area contributed by atoms with Crippen LogP contribution in [0.25, 0.3) is 0 Å². The summed E-state index contributed by atoms with van der Waals surface area (Å²) >= 11 is 4.98. The summed E-state index contributed by atoms with van der Waals surface area (Å²) in [7, 11) is 0. The van der Waals surface area contributed by atoms with Gasteiger partial charge in [-0.3, -0.25) is 0 Å². The third-order valence-electron chi connectivity index (χ3n) is 6.27. The van der Waals surface area contributed by atoms with Crippen molar-refractivity contribution in [1.29, 1.82) is 0 Å². The Morgan fingerprint density at radius 3 is 1.55 bits per heavy atom. The second-order valence-corrected chi connectivity index (χ2v) is 8.08. The Kier molecular flexibility index (Phi) is 7.28. The van der Waals surface area contributed by atoms with Gasteiger partial charge in [-0.15, -0.1) is 0 Å². The summed E-state index contributed by atoms with van der Waals surface area (Å²) in [5.74, 6) is 3.91. The average Bonchev–Trinajstić information content (AvgIpc) is 2.53. The van der Waals surface area contributed by atoms with Gasteiger partial charge in [-0.2, -0.15) is 12.6 Å². The highest BCUT2D eigenvalue weighted by molar-refractivity contribution is 7.81. The van der Waals surface area contributed by atoms with Gasteiger partial charge in [-0.05, 0) is 30.1 Å². The van der Waals surface area contributed by atoms with Crippen LogP contribution in [0.15, 0.2) is 0 Å². The van der Waals surface area contributed by atoms with Gasteiger partial charge in [0.1, 0.15) is 0 Å². The molecule has 0 spiro atoms. The highest BCUT2D eigenvalue weighted by Crippen LogP contribution is 2.46. The lowest BCUT2D eigenvalue weighted by atomic mass is 9.63. The minimum Gasteiger partial charge on any atom is -0.176 e. The lowest BCUT2D eigenvalue weighted by Gasteiger charge is -2.44. The predicted octanol–water partition coefficient (Wildman–Crippen LogP) is 6.50. The quantitative estimate of drug-likeness (QED) is 0.531. The summed E-state index contributed by atoms with van der Waals surface area (Å²) in [6.45, 7) is 4.75. The highest BCUT2D eigenvalue weighted by Gasteiger charge is 2.37. The Morgan fingerprint density at radius 1 is 0.750 bits per heavy atom. The van der Waals surface area contributed by atoms with Gasteiger partial charge in [0, 0.05) is 5.25 Å². The van der Waals surface area contributed by atoms with E-state index in [0.717, 1.165) is 23.7 Å². The van der Waals surface area contributed by atoms with Crippen LogP contribution in [-0.4, -0.2) is 5.25 Å². The SMILES string of the molecule is CCC(S)C(CC)C(C1CCCCC1)C1CCCCC1. The third-order valence-corrected chi connectivity index (χ3v) is 7.01. The Morgan fingerprint density at radius 2 is 1.20 bits per heavy atom. The Labute approximate surface area is 132 Å². The van der Waals surface area contributed by atoms with Crippen molar-refractivity contribution in [2.45, 2.75) is 96.1 Å². The fraction of sp³-hybridized carbons (Fsp3) is 1.00. The molecule has 2 aliphatic rings. The van der Waals surface area contributed by atoms with Gasteiger partial charge in [-0.25, -0.2) is 0 Å². The van der Waals surface area contributed by atoms with E-state index in [9.17, 15) is 0 Å². The molecular formula is C19H36S. The average molecular weight is 297 g/mol. The summed E-state index contributed by atoms with van der Waals surface area (Å²) in [4.78, 5) is 0. The van der Waals surface area contributed by atoms with Gasteiger partial charge >= 0.3 is 0 Å². The molecule has 0 N–H and O–H groups in total. The zero-order chi connectivity index (χ0) is 14.4. The monoisotopic (exact) mass is 296 g/mol. The first-order valence-electron chi connectivity index (χ1n) is 9.46.